The Labute approximate surface area is 114 Å². The number of anilines is 1. The van der Waals surface area contributed by atoms with Gasteiger partial charge < -0.3 is 5.73 Å². The van der Waals surface area contributed by atoms with E-state index in [1.165, 1.54) is 13.0 Å². The van der Waals surface area contributed by atoms with Gasteiger partial charge in [0.1, 0.15) is 4.90 Å². The molecule has 0 fully saturated rings. The molecule has 1 aromatic rings. The van der Waals surface area contributed by atoms with Gasteiger partial charge in [0.2, 0.25) is 10.0 Å². The van der Waals surface area contributed by atoms with Gasteiger partial charge in [-0.05, 0) is 18.6 Å². The lowest BCUT2D eigenvalue weighted by atomic mass is 10.2. The summed E-state index contributed by atoms with van der Waals surface area (Å²) in [4.78, 5) is 0.00361. The third-order valence-electron chi connectivity index (χ3n) is 2.66. The number of benzene rings is 1. The number of nitrogens with two attached hydrogens (primary N) is 1. The van der Waals surface area contributed by atoms with Gasteiger partial charge in [0.25, 0.3) is 0 Å². The van der Waals surface area contributed by atoms with Crippen LogP contribution in [0.15, 0.2) is 23.1 Å². The van der Waals surface area contributed by atoms with E-state index < -0.39 is 19.9 Å². The summed E-state index contributed by atoms with van der Waals surface area (Å²) in [5.74, 6) is -0.240. The van der Waals surface area contributed by atoms with Crippen LogP contribution < -0.4 is 10.5 Å². The first kappa shape index (κ1) is 15.9. The average molecular weight is 306 g/mol. The highest BCUT2D eigenvalue weighted by Gasteiger charge is 2.20. The third kappa shape index (κ3) is 4.19. The molecule has 0 saturated heterocycles. The van der Waals surface area contributed by atoms with Gasteiger partial charge in [-0.15, -0.1) is 0 Å². The minimum atomic E-state index is -3.79. The van der Waals surface area contributed by atoms with E-state index in [1.807, 2.05) is 0 Å². The van der Waals surface area contributed by atoms with Gasteiger partial charge in [0.15, 0.2) is 9.84 Å². The van der Waals surface area contributed by atoms with Crippen LogP contribution in [0.2, 0.25) is 0 Å². The molecular formula is C11H18N2O4S2. The number of hydrogen-bond acceptors (Lipinski definition) is 5. The van der Waals surface area contributed by atoms with E-state index in [0.29, 0.717) is 5.56 Å². The zero-order chi connectivity index (χ0) is 14.7. The molecule has 1 aromatic carbocycles. The van der Waals surface area contributed by atoms with E-state index in [4.69, 9.17) is 5.73 Å². The summed E-state index contributed by atoms with van der Waals surface area (Å²) in [7, 11) is -6.99. The molecule has 0 saturated carbocycles. The Morgan fingerprint density at radius 2 is 1.84 bits per heavy atom. The SMILES string of the molecule is CCS(=O)(=O)CCNS(=O)(=O)c1c(C)cccc1N. The van der Waals surface area contributed by atoms with Crippen LogP contribution in [0.3, 0.4) is 0 Å². The highest BCUT2D eigenvalue weighted by Crippen LogP contribution is 2.21. The molecule has 8 heteroatoms. The predicted octanol–water partition coefficient (Wildman–Crippen LogP) is 0.290. The number of rotatable bonds is 6. The van der Waals surface area contributed by atoms with Crippen LogP contribution in [0.4, 0.5) is 5.69 Å². The molecule has 0 amide bonds. The zero-order valence-corrected chi connectivity index (χ0v) is 12.5. The van der Waals surface area contributed by atoms with Gasteiger partial charge in [-0.2, -0.15) is 0 Å². The summed E-state index contributed by atoms with van der Waals surface area (Å²) < 4.78 is 49.0. The molecular weight excluding hydrogens is 288 g/mol. The molecule has 0 aliphatic rings. The summed E-state index contributed by atoms with van der Waals surface area (Å²) in [5, 5.41) is 0. The largest absolute Gasteiger partial charge is 0.398 e. The quantitative estimate of drug-likeness (QED) is 0.735. The number of hydrogen-bond donors (Lipinski definition) is 2. The molecule has 108 valence electrons. The van der Waals surface area contributed by atoms with Gasteiger partial charge in [-0.3, -0.25) is 0 Å². The molecule has 0 aromatic heterocycles. The minimum absolute atomic E-state index is 0.00361. The lowest BCUT2D eigenvalue weighted by molar-refractivity contribution is 0.581. The van der Waals surface area contributed by atoms with E-state index in [2.05, 4.69) is 4.72 Å². The fourth-order valence-electron chi connectivity index (χ4n) is 1.59. The van der Waals surface area contributed by atoms with Gasteiger partial charge in [-0.1, -0.05) is 19.1 Å². The fraction of sp³-hybridized carbons (Fsp3) is 0.455. The van der Waals surface area contributed by atoms with E-state index in [1.54, 1.807) is 19.1 Å². The van der Waals surface area contributed by atoms with Crippen molar-refractivity contribution >= 4 is 25.5 Å². The maximum atomic E-state index is 12.1. The first-order chi connectivity index (χ1) is 8.69. The molecule has 1 rings (SSSR count). The Hall–Kier alpha value is -1.12. The highest BCUT2D eigenvalue weighted by molar-refractivity contribution is 7.91. The monoisotopic (exact) mass is 306 g/mol. The van der Waals surface area contributed by atoms with Crippen molar-refractivity contribution in [2.24, 2.45) is 0 Å². The standard InChI is InChI=1S/C11H18N2O4S2/c1-3-18(14,15)8-7-13-19(16,17)11-9(2)5-4-6-10(11)12/h4-6,13H,3,7-8,12H2,1-2H3. The van der Waals surface area contributed by atoms with Crippen molar-refractivity contribution in [3.8, 4) is 0 Å². The van der Waals surface area contributed by atoms with E-state index in [0.717, 1.165) is 0 Å². The third-order valence-corrected chi connectivity index (χ3v) is 6.04. The number of aryl methyl sites for hydroxylation is 1. The Morgan fingerprint density at radius 1 is 1.21 bits per heavy atom. The lowest BCUT2D eigenvalue weighted by Gasteiger charge is -2.11. The van der Waals surface area contributed by atoms with E-state index in [-0.39, 0.29) is 28.6 Å². The second-order valence-electron chi connectivity index (χ2n) is 4.13. The molecule has 0 aliphatic heterocycles. The predicted molar refractivity (Wildman–Crippen MR) is 75.1 cm³/mol. The van der Waals surface area contributed by atoms with Crippen molar-refractivity contribution in [1.29, 1.82) is 0 Å². The highest BCUT2D eigenvalue weighted by atomic mass is 32.2. The van der Waals surface area contributed by atoms with Crippen molar-refractivity contribution in [2.75, 3.05) is 23.8 Å². The summed E-state index contributed by atoms with van der Waals surface area (Å²) in [5.41, 5.74) is 6.32. The second kappa shape index (κ2) is 5.89. The van der Waals surface area contributed by atoms with Crippen LogP contribution in [-0.2, 0) is 19.9 Å². The van der Waals surface area contributed by atoms with Crippen molar-refractivity contribution < 1.29 is 16.8 Å². The minimum Gasteiger partial charge on any atom is -0.398 e. The number of sulfone groups is 1. The molecule has 0 heterocycles. The Morgan fingerprint density at radius 3 is 2.37 bits per heavy atom. The molecule has 0 aliphatic carbocycles. The summed E-state index contributed by atoms with van der Waals surface area (Å²) in [6, 6.07) is 4.78. The second-order valence-corrected chi connectivity index (χ2v) is 8.30. The molecule has 19 heavy (non-hydrogen) atoms. The molecule has 0 unspecified atom stereocenters. The maximum absolute atomic E-state index is 12.1. The normalized spacial score (nSPS) is 12.5. The van der Waals surface area contributed by atoms with Crippen molar-refractivity contribution in [1.82, 2.24) is 4.72 Å². The van der Waals surface area contributed by atoms with Crippen molar-refractivity contribution in [3.05, 3.63) is 23.8 Å². The molecule has 3 N–H and O–H groups in total. The summed E-state index contributed by atoms with van der Waals surface area (Å²) in [6.07, 6.45) is 0. The summed E-state index contributed by atoms with van der Waals surface area (Å²) >= 11 is 0. The number of nitrogens with one attached hydrogen (secondary N) is 1. The number of sulfonamides is 1. The van der Waals surface area contributed by atoms with Gasteiger partial charge >= 0.3 is 0 Å². The van der Waals surface area contributed by atoms with Crippen LogP contribution in [0.5, 0.6) is 0 Å². The molecule has 0 atom stereocenters. The van der Waals surface area contributed by atoms with Gasteiger partial charge in [0, 0.05) is 12.3 Å². The Balaban J connectivity index is 2.89. The fourth-order valence-corrected chi connectivity index (χ4v) is 3.81. The van der Waals surface area contributed by atoms with Gasteiger partial charge in [0.05, 0.1) is 11.4 Å². The number of nitrogen functional groups attached to an aromatic ring is 1. The molecule has 0 spiro atoms. The zero-order valence-electron chi connectivity index (χ0n) is 10.9. The van der Waals surface area contributed by atoms with E-state index >= 15 is 0 Å². The smallest absolute Gasteiger partial charge is 0.242 e. The topological polar surface area (TPSA) is 106 Å². The Kier molecular flexibility index (Phi) is 4.94. The van der Waals surface area contributed by atoms with Crippen LogP contribution in [0.1, 0.15) is 12.5 Å². The molecule has 0 radical (unpaired) electrons. The van der Waals surface area contributed by atoms with Crippen LogP contribution >= 0.6 is 0 Å². The van der Waals surface area contributed by atoms with Gasteiger partial charge in [-0.25, -0.2) is 21.6 Å². The van der Waals surface area contributed by atoms with Crippen LogP contribution in [0.25, 0.3) is 0 Å². The van der Waals surface area contributed by atoms with Crippen LogP contribution in [-0.4, -0.2) is 34.9 Å². The first-order valence-electron chi connectivity index (χ1n) is 5.75. The van der Waals surface area contributed by atoms with Crippen molar-refractivity contribution in [3.63, 3.8) is 0 Å². The Bertz CT molecular complexity index is 631. The van der Waals surface area contributed by atoms with Crippen LogP contribution in [0, 0.1) is 6.92 Å². The maximum Gasteiger partial charge on any atom is 0.242 e. The van der Waals surface area contributed by atoms with Crippen molar-refractivity contribution in [2.45, 2.75) is 18.7 Å². The van der Waals surface area contributed by atoms with E-state index in [9.17, 15) is 16.8 Å². The molecule has 0 bridgehead atoms. The summed E-state index contributed by atoms with van der Waals surface area (Å²) in [6.45, 7) is 2.99. The lowest BCUT2D eigenvalue weighted by Crippen LogP contribution is -2.30. The first-order valence-corrected chi connectivity index (χ1v) is 9.05. The molecule has 6 nitrogen and oxygen atoms in total. The average Bonchev–Trinajstić information content (AvgIpc) is 2.27.